The molecular weight excluding hydrogens is 282 g/mol. The number of hydrogen-bond acceptors (Lipinski definition) is 3. The number of H-pyrrole nitrogens is 1. The van der Waals surface area contributed by atoms with E-state index in [-0.39, 0.29) is 18.0 Å². The number of benzene rings is 1. The highest BCUT2D eigenvalue weighted by Gasteiger charge is 2.21. The van der Waals surface area contributed by atoms with Crippen LogP contribution in [0.3, 0.4) is 0 Å². The molecule has 22 heavy (non-hydrogen) atoms. The Bertz CT molecular complexity index is 679. The minimum atomic E-state index is -0.968. The van der Waals surface area contributed by atoms with Crippen LogP contribution >= 0.6 is 0 Å². The first kappa shape index (κ1) is 15.8. The summed E-state index contributed by atoms with van der Waals surface area (Å²) in [7, 11) is 0. The second-order valence-corrected chi connectivity index (χ2v) is 5.11. The van der Waals surface area contributed by atoms with E-state index < -0.39 is 12.0 Å². The van der Waals surface area contributed by atoms with Gasteiger partial charge in [0.05, 0.1) is 12.5 Å². The Morgan fingerprint density at radius 3 is 2.68 bits per heavy atom. The number of aryl methyl sites for hydroxylation is 2. The molecule has 0 radical (unpaired) electrons. The molecule has 3 N–H and O–H groups in total. The average Bonchev–Trinajstić information content (AvgIpc) is 2.95. The highest BCUT2D eigenvalue weighted by molar-refractivity contribution is 5.92. The maximum absolute atomic E-state index is 12.3. The molecule has 116 valence electrons. The predicted octanol–water partition coefficient (Wildman–Crippen LogP) is 2.23. The van der Waals surface area contributed by atoms with Crippen LogP contribution in [0.2, 0.25) is 0 Å². The highest BCUT2D eigenvalue weighted by atomic mass is 16.4. The topological polar surface area (TPSA) is 95.1 Å². The summed E-state index contributed by atoms with van der Waals surface area (Å²) in [5.74, 6) is -1.35. The number of aromatic nitrogens is 2. The van der Waals surface area contributed by atoms with Crippen molar-refractivity contribution in [1.29, 1.82) is 0 Å². The van der Waals surface area contributed by atoms with Gasteiger partial charge in [0, 0.05) is 5.69 Å². The number of amides is 1. The maximum atomic E-state index is 12.3. The molecule has 0 saturated heterocycles. The van der Waals surface area contributed by atoms with Gasteiger partial charge in [-0.05, 0) is 30.5 Å². The van der Waals surface area contributed by atoms with E-state index >= 15 is 0 Å². The van der Waals surface area contributed by atoms with Crippen molar-refractivity contribution in [1.82, 2.24) is 15.5 Å². The van der Waals surface area contributed by atoms with Crippen LogP contribution in [-0.4, -0.2) is 27.2 Å². The smallest absolute Gasteiger partial charge is 0.305 e. The van der Waals surface area contributed by atoms with Crippen LogP contribution in [0.1, 0.15) is 46.7 Å². The minimum Gasteiger partial charge on any atom is -0.481 e. The van der Waals surface area contributed by atoms with Crippen LogP contribution in [-0.2, 0) is 11.2 Å². The van der Waals surface area contributed by atoms with Crippen molar-refractivity contribution >= 4 is 11.9 Å². The zero-order valence-electron chi connectivity index (χ0n) is 12.6. The van der Waals surface area contributed by atoms with Crippen molar-refractivity contribution < 1.29 is 14.7 Å². The molecule has 0 aliphatic rings. The molecule has 0 spiro atoms. The first-order valence-corrected chi connectivity index (χ1v) is 7.13. The average molecular weight is 301 g/mol. The lowest BCUT2D eigenvalue weighted by Gasteiger charge is -2.18. The van der Waals surface area contributed by atoms with E-state index in [2.05, 4.69) is 15.5 Å². The molecule has 0 fully saturated rings. The van der Waals surface area contributed by atoms with E-state index in [0.29, 0.717) is 0 Å². The SMILES string of the molecule is CCc1cc(C(=O)N[C@H](CC(=O)O)c2ccccc2C)n[nH]1. The van der Waals surface area contributed by atoms with E-state index in [1.807, 2.05) is 38.1 Å². The van der Waals surface area contributed by atoms with Gasteiger partial charge in [-0.3, -0.25) is 14.7 Å². The molecule has 6 nitrogen and oxygen atoms in total. The van der Waals surface area contributed by atoms with Crippen molar-refractivity contribution in [3.05, 3.63) is 52.8 Å². The standard InChI is InChI=1S/C16H19N3O3/c1-3-11-8-14(19-18-11)16(22)17-13(9-15(20)21)12-7-5-4-6-10(12)2/h4-8,13H,3,9H2,1-2H3,(H,17,22)(H,18,19)(H,20,21)/t13-/m1/s1. The van der Waals surface area contributed by atoms with Crippen LogP contribution in [0.5, 0.6) is 0 Å². The summed E-state index contributed by atoms with van der Waals surface area (Å²) in [5, 5.41) is 18.6. The van der Waals surface area contributed by atoms with Crippen molar-refractivity contribution in [2.24, 2.45) is 0 Å². The molecule has 2 aromatic rings. The molecule has 0 aliphatic heterocycles. The molecule has 0 bridgehead atoms. The maximum Gasteiger partial charge on any atom is 0.305 e. The van der Waals surface area contributed by atoms with Crippen LogP contribution in [0.15, 0.2) is 30.3 Å². The van der Waals surface area contributed by atoms with Crippen molar-refractivity contribution in [2.75, 3.05) is 0 Å². The number of hydrogen-bond donors (Lipinski definition) is 3. The molecule has 0 unspecified atom stereocenters. The van der Waals surface area contributed by atoms with Crippen LogP contribution < -0.4 is 5.32 Å². The summed E-state index contributed by atoms with van der Waals surface area (Å²) in [6.45, 7) is 3.84. The Labute approximate surface area is 128 Å². The molecule has 0 saturated carbocycles. The number of carbonyl (C=O) groups excluding carboxylic acids is 1. The van der Waals surface area contributed by atoms with Gasteiger partial charge >= 0.3 is 5.97 Å². The number of carboxylic acids is 1. The summed E-state index contributed by atoms with van der Waals surface area (Å²) < 4.78 is 0. The number of carbonyl (C=O) groups is 2. The lowest BCUT2D eigenvalue weighted by molar-refractivity contribution is -0.137. The van der Waals surface area contributed by atoms with E-state index in [1.165, 1.54) is 0 Å². The lowest BCUT2D eigenvalue weighted by atomic mass is 9.98. The number of rotatable bonds is 6. The van der Waals surface area contributed by atoms with Gasteiger partial charge in [-0.1, -0.05) is 31.2 Å². The van der Waals surface area contributed by atoms with Gasteiger partial charge in [0.2, 0.25) is 0 Å². The van der Waals surface area contributed by atoms with E-state index in [0.717, 1.165) is 23.2 Å². The fourth-order valence-corrected chi connectivity index (χ4v) is 2.28. The molecular formula is C16H19N3O3. The second-order valence-electron chi connectivity index (χ2n) is 5.11. The monoisotopic (exact) mass is 301 g/mol. The first-order valence-electron chi connectivity index (χ1n) is 7.13. The fourth-order valence-electron chi connectivity index (χ4n) is 2.28. The summed E-state index contributed by atoms with van der Waals surface area (Å²) in [6, 6.07) is 8.50. The summed E-state index contributed by atoms with van der Waals surface area (Å²) in [4.78, 5) is 23.4. The largest absolute Gasteiger partial charge is 0.481 e. The van der Waals surface area contributed by atoms with Crippen molar-refractivity contribution in [3.8, 4) is 0 Å². The van der Waals surface area contributed by atoms with Gasteiger partial charge in [0.15, 0.2) is 0 Å². The number of aromatic amines is 1. The number of aliphatic carboxylic acids is 1. The summed E-state index contributed by atoms with van der Waals surface area (Å²) in [6.07, 6.45) is 0.568. The summed E-state index contributed by atoms with van der Waals surface area (Å²) >= 11 is 0. The van der Waals surface area contributed by atoms with Gasteiger partial charge in [-0.25, -0.2) is 0 Å². The second kappa shape index (κ2) is 6.89. The Morgan fingerprint density at radius 2 is 2.09 bits per heavy atom. The fraction of sp³-hybridized carbons (Fsp3) is 0.312. The molecule has 1 aromatic carbocycles. The Hall–Kier alpha value is -2.63. The molecule has 1 heterocycles. The Morgan fingerprint density at radius 1 is 1.36 bits per heavy atom. The van der Waals surface area contributed by atoms with Crippen molar-refractivity contribution in [2.45, 2.75) is 32.7 Å². The summed E-state index contributed by atoms with van der Waals surface area (Å²) in [5.41, 5.74) is 2.85. The molecule has 0 aliphatic carbocycles. The van der Waals surface area contributed by atoms with Crippen LogP contribution in [0.25, 0.3) is 0 Å². The van der Waals surface area contributed by atoms with Crippen molar-refractivity contribution in [3.63, 3.8) is 0 Å². The Kier molecular flexibility index (Phi) is 4.93. The van der Waals surface area contributed by atoms with Gasteiger partial charge in [-0.2, -0.15) is 5.10 Å². The van der Waals surface area contributed by atoms with Crippen LogP contribution in [0.4, 0.5) is 0 Å². The minimum absolute atomic E-state index is 0.179. The van der Waals surface area contributed by atoms with Gasteiger partial charge < -0.3 is 10.4 Å². The third kappa shape index (κ3) is 3.72. The number of nitrogens with one attached hydrogen (secondary N) is 2. The molecule has 2 rings (SSSR count). The zero-order valence-corrected chi connectivity index (χ0v) is 12.6. The highest BCUT2D eigenvalue weighted by Crippen LogP contribution is 2.21. The normalized spacial score (nSPS) is 11.9. The third-order valence-corrected chi connectivity index (χ3v) is 3.49. The molecule has 6 heteroatoms. The third-order valence-electron chi connectivity index (χ3n) is 3.49. The quantitative estimate of drug-likeness (QED) is 0.762. The van der Waals surface area contributed by atoms with Gasteiger partial charge in [-0.15, -0.1) is 0 Å². The molecule has 1 aromatic heterocycles. The zero-order chi connectivity index (χ0) is 16.1. The van der Waals surface area contributed by atoms with Gasteiger partial charge in [0.25, 0.3) is 5.91 Å². The number of nitrogens with zero attached hydrogens (tertiary/aromatic N) is 1. The number of carboxylic acid groups (broad SMARTS) is 1. The Balaban J connectivity index is 2.21. The van der Waals surface area contributed by atoms with E-state index in [9.17, 15) is 9.59 Å². The molecule has 1 amide bonds. The van der Waals surface area contributed by atoms with Gasteiger partial charge in [0.1, 0.15) is 5.69 Å². The first-order chi connectivity index (χ1) is 10.5. The predicted molar refractivity (Wildman–Crippen MR) is 81.6 cm³/mol. The van der Waals surface area contributed by atoms with E-state index in [1.54, 1.807) is 6.07 Å². The van der Waals surface area contributed by atoms with E-state index in [4.69, 9.17) is 5.11 Å². The lowest BCUT2D eigenvalue weighted by Crippen LogP contribution is -2.31. The van der Waals surface area contributed by atoms with Crippen LogP contribution in [0, 0.1) is 6.92 Å². The molecule has 1 atom stereocenters.